The number of rotatable bonds is 5. The maximum Gasteiger partial charge on any atom is 0.305 e. The Hall–Kier alpha value is -1.06. The monoisotopic (exact) mass is 242 g/mol. The molecule has 3 nitrogen and oxygen atoms in total. The molecule has 0 heterocycles. The highest BCUT2D eigenvalue weighted by atomic mass is 35.5. The van der Waals surface area contributed by atoms with Crippen molar-refractivity contribution in [2.75, 3.05) is 13.0 Å². The zero-order valence-electron chi connectivity index (χ0n) is 9.15. The van der Waals surface area contributed by atoms with E-state index in [0.717, 1.165) is 11.1 Å². The quantitative estimate of drug-likeness (QED) is 0.635. The lowest BCUT2D eigenvalue weighted by Gasteiger charge is -2.07. The molecular weight excluding hydrogens is 228 g/mol. The molecule has 1 N–H and O–H groups in total. The van der Waals surface area contributed by atoms with Crippen LogP contribution in [-0.4, -0.2) is 24.1 Å². The first kappa shape index (κ1) is 13.0. The summed E-state index contributed by atoms with van der Waals surface area (Å²) in [6.07, 6.45) is 0.383. The first-order valence-electron chi connectivity index (χ1n) is 5.07. The Bertz CT molecular complexity index is 335. The van der Waals surface area contributed by atoms with Crippen molar-refractivity contribution < 1.29 is 14.6 Å². The molecule has 1 atom stereocenters. The Labute approximate surface area is 100.0 Å². The zero-order valence-corrected chi connectivity index (χ0v) is 9.91. The van der Waals surface area contributed by atoms with E-state index in [0.29, 0.717) is 12.8 Å². The highest BCUT2D eigenvalue weighted by Crippen LogP contribution is 2.15. The summed E-state index contributed by atoms with van der Waals surface area (Å²) in [4.78, 5) is 10.9. The molecule has 0 aliphatic carbocycles. The Balaban J connectivity index is 2.54. The van der Waals surface area contributed by atoms with E-state index >= 15 is 0 Å². The number of ether oxygens (including phenoxy) is 1. The van der Waals surface area contributed by atoms with Crippen LogP contribution in [0.2, 0.25) is 0 Å². The topological polar surface area (TPSA) is 46.5 Å². The van der Waals surface area contributed by atoms with Crippen LogP contribution in [0.4, 0.5) is 0 Å². The fourth-order valence-corrected chi connectivity index (χ4v) is 1.52. The smallest absolute Gasteiger partial charge is 0.305 e. The molecule has 4 heteroatoms. The fraction of sp³-hybridized carbons (Fsp3) is 0.417. The van der Waals surface area contributed by atoms with Gasteiger partial charge in [-0.2, -0.15) is 0 Å². The molecule has 0 saturated heterocycles. The van der Waals surface area contributed by atoms with Gasteiger partial charge >= 0.3 is 5.97 Å². The Kier molecular flexibility index (Phi) is 5.29. The van der Waals surface area contributed by atoms with Crippen molar-refractivity contribution in [3.8, 4) is 0 Å². The number of carbonyl (C=O) groups is 1. The summed E-state index contributed by atoms with van der Waals surface area (Å²) in [6.45, 7) is 0. The van der Waals surface area contributed by atoms with Gasteiger partial charge in [0.15, 0.2) is 0 Å². The number of esters is 1. The molecule has 0 spiro atoms. The van der Waals surface area contributed by atoms with Crippen LogP contribution in [0.1, 0.15) is 23.7 Å². The van der Waals surface area contributed by atoms with Crippen molar-refractivity contribution in [1.82, 2.24) is 0 Å². The van der Waals surface area contributed by atoms with Crippen LogP contribution in [0.15, 0.2) is 24.3 Å². The fourth-order valence-electron chi connectivity index (χ4n) is 1.34. The van der Waals surface area contributed by atoms with E-state index in [2.05, 4.69) is 4.74 Å². The standard InChI is InChI=1S/C12H15ClO3/c1-16-12(15)7-4-9-2-5-10(6-3-9)11(14)8-13/h2-3,5-6,11,14H,4,7-8H2,1H3. The second-order valence-corrected chi connectivity index (χ2v) is 3.80. The van der Waals surface area contributed by atoms with Gasteiger partial charge in [-0.05, 0) is 17.5 Å². The molecule has 0 aromatic heterocycles. The Morgan fingerprint density at radius 2 is 2.06 bits per heavy atom. The van der Waals surface area contributed by atoms with Gasteiger partial charge < -0.3 is 9.84 Å². The lowest BCUT2D eigenvalue weighted by Crippen LogP contribution is -2.02. The second kappa shape index (κ2) is 6.51. The van der Waals surface area contributed by atoms with E-state index in [9.17, 15) is 9.90 Å². The average molecular weight is 243 g/mol. The minimum absolute atomic E-state index is 0.182. The van der Waals surface area contributed by atoms with Crippen molar-refractivity contribution in [2.24, 2.45) is 0 Å². The highest BCUT2D eigenvalue weighted by Gasteiger charge is 2.06. The molecule has 0 aliphatic heterocycles. The Morgan fingerprint density at radius 1 is 1.44 bits per heavy atom. The van der Waals surface area contributed by atoms with E-state index in [-0.39, 0.29) is 11.8 Å². The van der Waals surface area contributed by atoms with Crippen molar-refractivity contribution in [3.05, 3.63) is 35.4 Å². The maximum absolute atomic E-state index is 10.9. The van der Waals surface area contributed by atoms with Crippen LogP contribution in [0.25, 0.3) is 0 Å². The molecule has 0 saturated carbocycles. The molecule has 0 aliphatic rings. The van der Waals surface area contributed by atoms with Gasteiger partial charge in [-0.1, -0.05) is 24.3 Å². The SMILES string of the molecule is COC(=O)CCc1ccc(C(O)CCl)cc1. The molecule has 88 valence electrons. The van der Waals surface area contributed by atoms with Gasteiger partial charge in [-0.25, -0.2) is 0 Å². The summed E-state index contributed by atoms with van der Waals surface area (Å²) in [5.74, 6) is -0.0357. The van der Waals surface area contributed by atoms with E-state index in [1.165, 1.54) is 7.11 Å². The average Bonchev–Trinajstić information content (AvgIpc) is 2.35. The van der Waals surface area contributed by atoms with Gasteiger partial charge in [0, 0.05) is 6.42 Å². The van der Waals surface area contributed by atoms with Crippen molar-refractivity contribution in [2.45, 2.75) is 18.9 Å². The number of hydrogen-bond acceptors (Lipinski definition) is 3. The van der Waals surface area contributed by atoms with E-state index in [4.69, 9.17) is 11.6 Å². The highest BCUT2D eigenvalue weighted by molar-refractivity contribution is 6.18. The lowest BCUT2D eigenvalue weighted by molar-refractivity contribution is -0.140. The second-order valence-electron chi connectivity index (χ2n) is 3.49. The number of carbonyl (C=O) groups excluding carboxylic acids is 1. The van der Waals surface area contributed by atoms with Crippen LogP contribution >= 0.6 is 11.6 Å². The van der Waals surface area contributed by atoms with E-state index < -0.39 is 6.10 Å². The van der Waals surface area contributed by atoms with Crippen LogP contribution in [0.3, 0.4) is 0 Å². The summed E-state index contributed by atoms with van der Waals surface area (Å²) in [6, 6.07) is 7.40. The minimum Gasteiger partial charge on any atom is -0.469 e. The third-order valence-electron chi connectivity index (χ3n) is 2.36. The number of alkyl halides is 1. The predicted octanol–water partition coefficient (Wildman–Crippen LogP) is 2.06. The molecule has 0 amide bonds. The van der Waals surface area contributed by atoms with Gasteiger partial charge in [0.05, 0.1) is 19.1 Å². The van der Waals surface area contributed by atoms with Gasteiger partial charge in [-0.3, -0.25) is 4.79 Å². The van der Waals surface area contributed by atoms with Crippen molar-refractivity contribution in [1.29, 1.82) is 0 Å². The summed E-state index contributed by atoms with van der Waals surface area (Å²) in [7, 11) is 1.38. The third-order valence-corrected chi connectivity index (χ3v) is 2.65. The summed E-state index contributed by atoms with van der Waals surface area (Å²) >= 11 is 5.54. The molecule has 1 aromatic rings. The molecule has 1 aromatic carbocycles. The summed E-state index contributed by atoms with van der Waals surface area (Å²) in [5, 5.41) is 9.47. The normalized spacial score (nSPS) is 12.2. The third kappa shape index (κ3) is 3.83. The molecule has 0 radical (unpaired) electrons. The minimum atomic E-state index is -0.628. The first-order valence-corrected chi connectivity index (χ1v) is 5.60. The van der Waals surface area contributed by atoms with E-state index in [1.807, 2.05) is 24.3 Å². The lowest BCUT2D eigenvalue weighted by atomic mass is 10.1. The first-order chi connectivity index (χ1) is 7.67. The van der Waals surface area contributed by atoms with Crippen molar-refractivity contribution >= 4 is 17.6 Å². The number of halogens is 1. The van der Waals surface area contributed by atoms with Gasteiger partial charge in [-0.15, -0.1) is 11.6 Å². The van der Waals surface area contributed by atoms with Gasteiger partial charge in [0.1, 0.15) is 0 Å². The van der Waals surface area contributed by atoms with Gasteiger partial charge in [0.2, 0.25) is 0 Å². The Morgan fingerprint density at radius 3 is 2.56 bits per heavy atom. The van der Waals surface area contributed by atoms with Gasteiger partial charge in [0.25, 0.3) is 0 Å². The largest absolute Gasteiger partial charge is 0.469 e. The maximum atomic E-state index is 10.9. The predicted molar refractivity (Wildman–Crippen MR) is 62.5 cm³/mol. The molecule has 1 rings (SSSR count). The van der Waals surface area contributed by atoms with Crippen LogP contribution in [0, 0.1) is 0 Å². The number of aliphatic hydroxyl groups is 1. The van der Waals surface area contributed by atoms with Crippen LogP contribution < -0.4 is 0 Å². The zero-order chi connectivity index (χ0) is 12.0. The number of hydrogen-bond donors (Lipinski definition) is 1. The molecule has 0 bridgehead atoms. The molecule has 0 fully saturated rings. The van der Waals surface area contributed by atoms with Crippen LogP contribution in [0.5, 0.6) is 0 Å². The summed E-state index contributed by atoms with van der Waals surface area (Å²) in [5.41, 5.74) is 1.83. The summed E-state index contributed by atoms with van der Waals surface area (Å²) < 4.78 is 4.55. The number of benzene rings is 1. The number of aryl methyl sites for hydroxylation is 1. The number of methoxy groups -OCH3 is 1. The van der Waals surface area contributed by atoms with Crippen LogP contribution in [-0.2, 0) is 16.0 Å². The molecule has 1 unspecified atom stereocenters. The van der Waals surface area contributed by atoms with E-state index in [1.54, 1.807) is 0 Å². The van der Waals surface area contributed by atoms with Crippen molar-refractivity contribution in [3.63, 3.8) is 0 Å². The molecule has 16 heavy (non-hydrogen) atoms. The molecular formula is C12H15ClO3. The number of aliphatic hydroxyl groups excluding tert-OH is 1.